The van der Waals surface area contributed by atoms with Gasteiger partial charge in [0.1, 0.15) is 0 Å². The number of nitrogens with zero attached hydrogens (tertiary/aromatic N) is 1. The molecule has 0 aromatic carbocycles. The van der Waals surface area contributed by atoms with Crippen molar-refractivity contribution in [2.24, 2.45) is 5.92 Å². The summed E-state index contributed by atoms with van der Waals surface area (Å²) in [5.74, 6) is 0.618. The predicted molar refractivity (Wildman–Crippen MR) is 56.0 cm³/mol. The van der Waals surface area contributed by atoms with E-state index in [0.717, 1.165) is 19.4 Å². The van der Waals surface area contributed by atoms with E-state index < -0.39 is 0 Å². The number of hydrogen-bond donors (Lipinski definition) is 1. The molecule has 3 nitrogen and oxygen atoms in total. The minimum atomic E-state index is 0.268. The summed E-state index contributed by atoms with van der Waals surface area (Å²) in [5.41, 5.74) is 0.268. The van der Waals surface area contributed by atoms with Gasteiger partial charge in [0, 0.05) is 18.0 Å². The van der Waals surface area contributed by atoms with Crippen molar-refractivity contribution in [3.63, 3.8) is 0 Å². The highest BCUT2D eigenvalue weighted by molar-refractivity contribution is 5.80. The van der Waals surface area contributed by atoms with E-state index in [0.29, 0.717) is 5.92 Å². The van der Waals surface area contributed by atoms with Gasteiger partial charge in [0.25, 0.3) is 0 Å². The van der Waals surface area contributed by atoms with Crippen LogP contribution in [0, 0.1) is 5.92 Å². The molecule has 0 unspecified atom stereocenters. The van der Waals surface area contributed by atoms with Crippen LogP contribution in [0.5, 0.6) is 0 Å². The monoisotopic (exact) mass is 196 g/mol. The zero-order valence-corrected chi connectivity index (χ0v) is 9.18. The Kier molecular flexibility index (Phi) is 2.52. The lowest BCUT2D eigenvalue weighted by atomic mass is 9.75. The van der Waals surface area contributed by atoms with Crippen LogP contribution in [0.2, 0.25) is 0 Å². The number of nitrogens with one attached hydrogen (secondary N) is 1. The van der Waals surface area contributed by atoms with Gasteiger partial charge in [0.05, 0.1) is 0 Å². The Morgan fingerprint density at radius 3 is 2.43 bits per heavy atom. The standard InChI is InChI=1S/C11H20N2O/c1-13(2)11(6-3-7-11)8-12-10(14)9-4-5-9/h9H,3-8H2,1-2H3,(H,12,14). The molecule has 0 aromatic rings. The van der Waals surface area contributed by atoms with Gasteiger partial charge in [-0.1, -0.05) is 0 Å². The van der Waals surface area contributed by atoms with Crippen molar-refractivity contribution < 1.29 is 4.79 Å². The number of amides is 1. The van der Waals surface area contributed by atoms with Gasteiger partial charge in [-0.2, -0.15) is 0 Å². The Labute approximate surface area is 85.8 Å². The molecule has 2 saturated carbocycles. The molecule has 3 heteroatoms. The van der Waals surface area contributed by atoms with E-state index >= 15 is 0 Å². The Balaban J connectivity index is 1.80. The normalized spacial score (nSPS) is 24.5. The van der Waals surface area contributed by atoms with Crippen LogP contribution >= 0.6 is 0 Å². The summed E-state index contributed by atoms with van der Waals surface area (Å²) in [6.07, 6.45) is 5.95. The average Bonchev–Trinajstić information content (AvgIpc) is 2.82. The van der Waals surface area contributed by atoms with Gasteiger partial charge < -0.3 is 10.2 Å². The van der Waals surface area contributed by atoms with Gasteiger partial charge in [0.2, 0.25) is 5.91 Å². The highest BCUT2D eigenvalue weighted by Gasteiger charge is 2.40. The molecule has 0 saturated heterocycles. The average molecular weight is 196 g/mol. The summed E-state index contributed by atoms with van der Waals surface area (Å²) in [5, 5.41) is 3.09. The van der Waals surface area contributed by atoms with Gasteiger partial charge in [-0.15, -0.1) is 0 Å². The number of likely N-dealkylation sites (N-methyl/N-ethyl adjacent to an activating group) is 1. The molecular weight excluding hydrogens is 176 g/mol. The molecule has 1 amide bonds. The fourth-order valence-electron chi connectivity index (χ4n) is 2.11. The van der Waals surface area contributed by atoms with E-state index in [2.05, 4.69) is 24.3 Å². The molecule has 2 fully saturated rings. The third-order valence-electron chi connectivity index (χ3n) is 3.77. The van der Waals surface area contributed by atoms with E-state index in [4.69, 9.17) is 0 Å². The molecule has 14 heavy (non-hydrogen) atoms. The molecule has 1 N–H and O–H groups in total. The molecule has 0 heterocycles. The largest absolute Gasteiger partial charge is 0.354 e. The molecule has 0 aliphatic heterocycles. The quantitative estimate of drug-likeness (QED) is 0.727. The molecule has 2 aliphatic rings. The van der Waals surface area contributed by atoms with Crippen LogP contribution in [0.4, 0.5) is 0 Å². The van der Waals surface area contributed by atoms with Crippen LogP contribution in [0.25, 0.3) is 0 Å². The van der Waals surface area contributed by atoms with Crippen molar-refractivity contribution in [1.29, 1.82) is 0 Å². The second kappa shape index (κ2) is 3.54. The lowest BCUT2D eigenvalue weighted by Crippen LogP contribution is -2.57. The Bertz CT molecular complexity index is 229. The number of carbonyl (C=O) groups excluding carboxylic acids is 1. The topological polar surface area (TPSA) is 32.3 Å². The molecule has 0 bridgehead atoms. The van der Waals surface area contributed by atoms with E-state index in [1.165, 1.54) is 19.3 Å². The van der Waals surface area contributed by atoms with E-state index in [-0.39, 0.29) is 11.4 Å². The van der Waals surface area contributed by atoms with Gasteiger partial charge in [-0.3, -0.25) is 4.79 Å². The van der Waals surface area contributed by atoms with Gasteiger partial charge >= 0.3 is 0 Å². The summed E-state index contributed by atoms with van der Waals surface area (Å²) >= 11 is 0. The maximum atomic E-state index is 11.5. The minimum Gasteiger partial charge on any atom is -0.354 e. The predicted octanol–water partition coefficient (Wildman–Crippen LogP) is 0.997. The van der Waals surface area contributed by atoms with Crippen molar-refractivity contribution in [3.8, 4) is 0 Å². The molecule has 2 rings (SSSR count). The van der Waals surface area contributed by atoms with E-state index in [9.17, 15) is 4.79 Å². The fourth-order valence-corrected chi connectivity index (χ4v) is 2.11. The van der Waals surface area contributed by atoms with Crippen LogP contribution in [-0.4, -0.2) is 37.0 Å². The van der Waals surface area contributed by atoms with Crippen LogP contribution in [0.15, 0.2) is 0 Å². The smallest absolute Gasteiger partial charge is 0.223 e. The second-order valence-corrected chi connectivity index (χ2v) is 4.96. The van der Waals surface area contributed by atoms with Crippen molar-refractivity contribution in [1.82, 2.24) is 10.2 Å². The summed E-state index contributed by atoms with van der Waals surface area (Å²) in [6, 6.07) is 0. The SMILES string of the molecule is CN(C)C1(CNC(=O)C2CC2)CCC1. The Hall–Kier alpha value is -0.570. The maximum absolute atomic E-state index is 11.5. The second-order valence-electron chi connectivity index (χ2n) is 4.96. The van der Waals surface area contributed by atoms with Crippen molar-refractivity contribution in [2.75, 3.05) is 20.6 Å². The first-order chi connectivity index (χ1) is 6.64. The highest BCUT2D eigenvalue weighted by atomic mass is 16.2. The lowest BCUT2D eigenvalue weighted by molar-refractivity contribution is -0.123. The summed E-state index contributed by atoms with van der Waals surface area (Å²) in [7, 11) is 4.23. The summed E-state index contributed by atoms with van der Waals surface area (Å²) < 4.78 is 0. The zero-order valence-electron chi connectivity index (χ0n) is 9.18. The van der Waals surface area contributed by atoms with E-state index in [1.54, 1.807) is 0 Å². The molecule has 2 aliphatic carbocycles. The van der Waals surface area contributed by atoms with Crippen molar-refractivity contribution >= 4 is 5.91 Å². The van der Waals surface area contributed by atoms with Crippen LogP contribution in [-0.2, 0) is 4.79 Å². The lowest BCUT2D eigenvalue weighted by Gasteiger charge is -2.47. The van der Waals surface area contributed by atoms with Crippen LogP contribution in [0.1, 0.15) is 32.1 Å². The molecule has 80 valence electrons. The summed E-state index contributed by atoms with van der Waals surface area (Å²) in [4.78, 5) is 13.8. The van der Waals surface area contributed by atoms with Gasteiger partial charge in [-0.25, -0.2) is 0 Å². The molecule has 0 atom stereocenters. The highest BCUT2D eigenvalue weighted by Crippen LogP contribution is 2.36. The van der Waals surface area contributed by atoms with Crippen molar-refractivity contribution in [3.05, 3.63) is 0 Å². The molecule has 0 radical (unpaired) electrons. The zero-order chi connectivity index (χ0) is 10.2. The molecule has 0 spiro atoms. The van der Waals surface area contributed by atoms with Crippen molar-refractivity contribution in [2.45, 2.75) is 37.6 Å². The first-order valence-corrected chi connectivity index (χ1v) is 5.59. The first kappa shape index (κ1) is 9.97. The van der Waals surface area contributed by atoms with Gasteiger partial charge in [-0.05, 0) is 46.2 Å². The van der Waals surface area contributed by atoms with Crippen LogP contribution in [0.3, 0.4) is 0 Å². The number of rotatable bonds is 4. The minimum absolute atomic E-state index is 0.268. The van der Waals surface area contributed by atoms with Gasteiger partial charge in [0.15, 0.2) is 0 Å². The third kappa shape index (κ3) is 1.78. The summed E-state index contributed by atoms with van der Waals surface area (Å²) in [6.45, 7) is 0.843. The number of hydrogen-bond acceptors (Lipinski definition) is 2. The Morgan fingerprint density at radius 2 is 2.07 bits per heavy atom. The van der Waals surface area contributed by atoms with E-state index in [1.807, 2.05) is 0 Å². The molecule has 0 aromatic heterocycles. The first-order valence-electron chi connectivity index (χ1n) is 5.59. The van der Waals surface area contributed by atoms with Crippen LogP contribution < -0.4 is 5.32 Å². The number of carbonyl (C=O) groups is 1. The fraction of sp³-hybridized carbons (Fsp3) is 0.909. The molecular formula is C11H20N2O. The Morgan fingerprint density at radius 1 is 1.43 bits per heavy atom. The maximum Gasteiger partial charge on any atom is 0.223 e. The third-order valence-corrected chi connectivity index (χ3v) is 3.77.